The van der Waals surface area contributed by atoms with Crippen LogP contribution in [0, 0.1) is 6.92 Å². The number of esters is 1. The fourth-order valence-corrected chi connectivity index (χ4v) is 4.27. The van der Waals surface area contributed by atoms with Crippen molar-refractivity contribution in [3.8, 4) is 0 Å². The summed E-state index contributed by atoms with van der Waals surface area (Å²) < 4.78 is 7.46. The van der Waals surface area contributed by atoms with Crippen molar-refractivity contribution in [2.24, 2.45) is 0 Å². The van der Waals surface area contributed by atoms with Crippen molar-refractivity contribution in [1.82, 2.24) is 9.38 Å². The number of nitrogens with zero attached hydrogens (tertiary/aromatic N) is 2. The van der Waals surface area contributed by atoms with Crippen LogP contribution in [0.15, 0.2) is 29.9 Å². The summed E-state index contributed by atoms with van der Waals surface area (Å²) in [5.41, 5.74) is 4.75. The van der Waals surface area contributed by atoms with E-state index in [4.69, 9.17) is 4.74 Å². The summed E-state index contributed by atoms with van der Waals surface area (Å²) in [6, 6.07) is 4.01. The van der Waals surface area contributed by atoms with Crippen molar-refractivity contribution in [3.05, 3.63) is 57.2 Å². The normalized spacial score (nSPS) is 14.0. The Morgan fingerprint density at radius 1 is 1.39 bits per heavy atom. The average molecular weight is 326 g/mol. The first-order valence-electron chi connectivity index (χ1n) is 7.92. The zero-order chi connectivity index (χ0) is 15.8. The van der Waals surface area contributed by atoms with Crippen LogP contribution in [0.5, 0.6) is 0 Å². The molecule has 0 saturated carbocycles. The second-order valence-corrected chi connectivity index (χ2v) is 6.95. The van der Waals surface area contributed by atoms with E-state index in [0.29, 0.717) is 0 Å². The maximum absolute atomic E-state index is 12.4. The van der Waals surface area contributed by atoms with E-state index in [1.54, 1.807) is 11.3 Å². The van der Waals surface area contributed by atoms with Gasteiger partial charge in [-0.05, 0) is 49.8 Å². The molecule has 1 aliphatic carbocycles. The Balaban J connectivity index is 1.50. The molecular weight excluding hydrogens is 308 g/mol. The van der Waals surface area contributed by atoms with E-state index in [1.807, 2.05) is 41.2 Å². The van der Waals surface area contributed by atoms with Gasteiger partial charge in [0.25, 0.3) is 0 Å². The summed E-state index contributed by atoms with van der Waals surface area (Å²) in [6.45, 7) is 2.24. The van der Waals surface area contributed by atoms with Gasteiger partial charge in [0.1, 0.15) is 12.3 Å². The molecule has 1 aliphatic rings. The van der Waals surface area contributed by atoms with Crippen molar-refractivity contribution in [2.75, 3.05) is 0 Å². The highest BCUT2D eigenvalue weighted by Crippen LogP contribution is 2.30. The highest BCUT2D eigenvalue weighted by Gasteiger charge is 2.21. The SMILES string of the molecule is Cc1cccn2cc(COC(=O)c3csc4c3CCCC4)nc12. The number of ether oxygens (including phenoxy) is 1. The topological polar surface area (TPSA) is 43.6 Å². The summed E-state index contributed by atoms with van der Waals surface area (Å²) >= 11 is 1.69. The van der Waals surface area contributed by atoms with E-state index in [1.165, 1.54) is 16.9 Å². The lowest BCUT2D eigenvalue weighted by molar-refractivity contribution is 0.0467. The molecule has 0 amide bonds. The van der Waals surface area contributed by atoms with Gasteiger partial charge in [-0.25, -0.2) is 9.78 Å². The van der Waals surface area contributed by atoms with Gasteiger partial charge in [-0.3, -0.25) is 0 Å². The number of thiophene rings is 1. The number of imidazole rings is 1. The maximum atomic E-state index is 12.4. The largest absolute Gasteiger partial charge is 0.455 e. The third kappa shape index (κ3) is 2.65. The summed E-state index contributed by atoms with van der Waals surface area (Å²) in [5.74, 6) is -0.224. The number of pyridine rings is 1. The fraction of sp³-hybridized carbons (Fsp3) is 0.333. The number of carbonyl (C=O) groups excluding carboxylic acids is 1. The molecule has 4 rings (SSSR count). The van der Waals surface area contributed by atoms with E-state index in [-0.39, 0.29) is 12.6 Å². The van der Waals surface area contributed by atoms with Gasteiger partial charge in [-0.15, -0.1) is 11.3 Å². The molecule has 5 heteroatoms. The number of aromatic nitrogens is 2. The monoisotopic (exact) mass is 326 g/mol. The van der Waals surface area contributed by atoms with Crippen molar-refractivity contribution >= 4 is 23.0 Å². The van der Waals surface area contributed by atoms with E-state index < -0.39 is 0 Å². The first kappa shape index (κ1) is 14.5. The van der Waals surface area contributed by atoms with E-state index in [9.17, 15) is 4.79 Å². The van der Waals surface area contributed by atoms with Crippen LogP contribution in [0.25, 0.3) is 5.65 Å². The highest BCUT2D eigenvalue weighted by atomic mass is 32.1. The Morgan fingerprint density at radius 3 is 3.13 bits per heavy atom. The number of rotatable bonds is 3. The molecule has 0 fully saturated rings. The van der Waals surface area contributed by atoms with Crippen LogP contribution in [-0.2, 0) is 24.2 Å². The van der Waals surface area contributed by atoms with Gasteiger partial charge in [0, 0.05) is 22.7 Å². The van der Waals surface area contributed by atoms with E-state index in [2.05, 4.69) is 4.98 Å². The fourth-order valence-electron chi connectivity index (χ4n) is 3.16. The third-order valence-electron chi connectivity index (χ3n) is 4.36. The standard InChI is InChI=1S/C18H18N2O2S/c1-12-5-4-8-20-9-13(19-17(12)20)10-22-18(21)15-11-23-16-7-3-2-6-14(15)16/h4-5,8-9,11H,2-3,6-7,10H2,1H3. The Bertz CT molecular complexity index is 878. The van der Waals surface area contributed by atoms with Crippen molar-refractivity contribution in [2.45, 2.75) is 39.2 Å². The summed E-state index contributed by atoms with van der Waals surface area (Å²) in [7, 11) is 0. The summed E-state index contributed by atoms with van der Waals surface area (Å²) in [5, 5.41) is 1.95. The number of hydrogen-bond donors (Lipinski definition) is 0. The minimum atomic E-state index is -0.224. The van der Waals surface area contributed by atoms with Gasteiger partial charge in [0.15, 0.2) is 0 Å². The van der Waals surface area contributed by atoms with Crippen LogP contribution in [0.3, 0.4) is 0 Å². The van der Waals surface area contributed by atoms with Crippen LogP contribution < -0.4 is 0 Å². The smallest absolute Gasteiger partial charge is 0.339 e. The van der Waals surface area contributed by atoms with E-state index >= 15 is 0 Å². The third-order valence-corrected chi connectivity index (χ3v) is 5.45. The Morgan fingerprint density at radius 2 is 2.26 bits per heavy atom. The predicted octanol–water partition coefficient (Wildman–Crippen LogP) is 3.94. The number of hydrogen-bond acceptors (Lipinski definition) is 4. The molecule has 4 nitrogen and oxygen atoms in total. The molecule has 0 unspecified atom stereocenters. The molecule has 0 aromatic carbocycles. The zero-order valence-electron chi connectivity index (χ0n) is 13.0. The average Bonchev–Trinajstić information content (AvgIpc) is 3.17. The molecule has 118 valence electrons. The molecule has 3 aromatic heterocycles. The van der Waals surface area contributed by atoms with Crippen LogP contribution in [0.1, 0.15) is 44.9 Å². The van der Waals surface area contributed by atoms with Gasteiger partial charge in [-0.2, -0.15) is 0 Å². The van der Waals surface area contributed by atoms with Crippen molar-refractivity contribution in [3.63, 3.8) is 0 Å². The Labute approximate surface area is 138 Å². The lowest BCUT2D eigenvalue weighted by atomic mass is 9.96. The first-order valence-corrected chi connectivity index (χ1v) is 8.80. The molecule has 0 atom stereocenters. The quantitative estimate of drug-likeness (QED) is 0.685. The molecule has 0 N–H and O–H groups in total. The van der Waals surface area contributed by atoms with Crippen LogP contribution >= 0.6 is 11.3 Å². The van der Waals surface area contributed by atoms with Crippen LogP contribution in [0.4, 0.5) is 0 Å². The number of carbonyl (C=O) groups is 1. The van der Waals surface area contributed by atoms with Crippen LogP contribution in [-0.4, -0.2) is 15.4 Å². The number of fused-ring (bicyclic) bond motifs is 2. The van der Waals surface area contributed by atoms with Crippen LogP contribution in [0.2, 0.25) is 0 Å². The minimum absolute atomic E-state index is 0.213. The lowest BCUT2D eigenvalue weighted by Crippen LogP contribution is -2.09. The second-order valence-electron chi connectivity index (χ2n) is 5.99. The Hall–Kier alpha value is -2.14. The minimum Gasteiger partial charge on any atom is -0.455 e. The van der Waals surface area contributed by atoms with Gasteiger partial charge < -0.3 is 9.14 Å². The van der Waals surface area contributed by atoms with Crippen molar-refractivity contribution in [1.29, 1.82) is 0 Å². The van der Waals surface area contributed by atoms with Gasteiger partial charge in [0.2, 0.25) is 0 Å². The molecule has 0 bridgehead atoms. The molecule has 0 spiro atoms. The van der Waals surface area contributed by atoms with Gasteiger partial charge in [-0.1, -0.05) is 6.07 Å². The maximum Gasteiger partial charge on any atom is 0.339 e. The Kier molecular flexibility index (Phi) is 3.65. The summed E-state index contributed by atoms with van der Waals surface area (Å²) in [4.78, 5) is 18.3. The zero-order valence-corrected chi connectivity index (χ0v) is 13.9. The summed E-state index contributed by atoms with van der Waals surface area (Å²) in [6.07, 6.45) is 8.35. The lowest BCUT2D eigenvalue weighted by Gasteiger charge is -2.12. The molecule has 0 aliphatic heterocycles. The second kappa shape index (κ2) is 5.81. The van der Waals surface area contributed by atoms with Gasteiger partial charge >= 0.3 is 5.97 Å². The molecule has 23 heavy (non-hydrogen) atoms. The van der Waals surface area contributed by atoms with E-state index in [0.717, 1.165) is 41.7 Å². The molecule has 0 radical (unpaired) electrons. The molecule has 0 saturated heterocycles. The molecule has 3 heterocycles. The predicted molar refractivity (Wildman–Crippen MR) is 90.0 cm³/mol. The highest BCUT2D eigenvalue weighted by molar-refractivity contribution is 7.10. The van der Waals surface area contributed by atoms with Crippen molar-refractivity contribution < 1.29 is 9.53 Å². The number of aryl methyl sites for hydroxylation is 2. The molecule has 3 aromatic rings. The van der Waals surface area contributed by atoms with Gasteiger partial charge in [0.05, 0.1) is 11.3 Å². The first-order chi connectivity index (χ1) is 11.2. The molecular formula is C18H18N2O2S.